The van der Waals surface area contributed by atoms with E-state index in [9.17, 15) is 40.2 Å². The lowest BCUT2D eigenvalue weighted by molar-refractivity contribution is -0.311. The first-order chi connectivity index (χ1) is 17.2. The summed E-state index contributed by atoms with van der Waals surface area (Å²) >= 11 is 0. The lowest BCUT2D eigenvalue weighted by Gasteiger charge is -2.61. The van der Waals surface area contributed by atoms with Crippen LogP contribution in [0.5, 0.6) is 0 Å². The average Bonchev–Trinajstić information content (AvgIpc) is 3.05. The van der Waals surface area contributed by atoms with E-state index in [1.165, 1.54) is 13.0 Å². The molecule has 0 aromatic rings. The zero-order chi connectivity index (χ0) is 28.7. The number of ether oxygens (including phenoxy) is 1. The predicted octanol–water partition coefficient (Wildman–Crippen LogP) is 1.74. The molecule has 6 N–H and O–H groups in total. The minimum atomic E-state index is -2.31. The third-order valence-corrected chi connectivity index (χ3v) is 11.0. The van der Waals surface area contributed by atoms with E-state index in [0.29, 0.717) is 24.8 Å². The van der Waals surface area contributed by atoms with Crippen LogP contribution in [0, 0.1) is 28.6 Å². The Balaban J connectivity index is 1.73. The minimum absolute atomic E-state index is 0.0519. The molecule has 0 bridgehead atoms. The zero-order valence-electron chi connectivity index (χ0n) is 23.5. The van der Waals surface area contributed by atoms with E-state index in [2.05, 4.69) is 0 Å². The molecule has 9 heteroatoms. The Bertz CT molecular complexity index is 1010. The first kappa shape index (κ1) is 29.6. The quantitative estimate of drug-likeness (QED) is 0.218. The van der Waals surface area contributed by atoms with Gasteiger partial charge >= 0.3 is 5.97 Å². The molecule has 0 amide bonds. The second kappa shape index (κ2) is 9.08. The number of aliphatic hydroxyl groups excluding tert-OH is 2. The molecule has 0 radical (unpaired) electrons. The van der Waals surface area contributed by atoms with Gasteiger partial charge in [-0.3, -0.25) is 9.59 Å². The summed E-state index contributed by atoms with van der Waals surface area (Å²) in [5.74, 6) is -4.59. The monoisotopic (exact) mass is 538 g/mol. The molecule has 0 aromatic heterocycles. The van der Waals surface area contributed by atoms with Crippen molar-refractivity contribution in [2.24, 2.45) is 28.6 Å². The van der Waals surface area contributed by atoms with E-state index in [-0.39, 0.29) is 43.8 Å². The van der Waals surface area contributed by atoms with E-state index in [1.54, 1.807) is 13.8 Å². The Morgan fingerprint density at radius 3 is 2.24 bits per heavy atom. The van der Waals surface area contributed by atoms with Crippen molar-refractivity contribution < 1.29 is 45.0 Å². The van der Waals surface area contributed by atoms with Crippen molar-refractivity contribution in [3.8, 4) is 0 Å². The highest BCUT2D eigenvalue weighted by atomic mass is 16.7. The van der Waals surface area contributed by atoms with Crippen molar-refractivity contribution in [3.63, 3.8) is 0 Å². The van der Waals surface area contributed by atoms with Crippen molar-refractivity contribution in [1.29, 1.82) is 0 Å². The number of ketones is 1. The number of allylic oxidation sites excluding steroid dienone is 1. The van der Waals surface area contributed by atoms with Crippen LogP contribution in [-0.2, 0) is 14.3 Å². The Kier molecular flexibility index (Phi) is 7.07. The Morgan fingerprint density at radius 2 is 1.66 bits per heavy atom. The number of rotatable bonds is 6. The standard InChI is InChI=1S/C29H46O9/c1-16(30)38-29(37,12-11-24(2,3)34)27(6,35)23-8-10-28(36)18-13-20(31)19-14-21(32)22(33)15-25(19,4)17(18)7-9-26(23,28)5/h13,17,19,21-23,32-37H,7-12,14-15H2,1-6H3/t17?,19-,21+,22-,23+,25+,26+,27?,28+,29+/m0/s1. The zero-order valence-corrected chi connectivity index (χ0v) is 23.5. The summed E-state index contributed by atoms with van der Waals surface area (Å²) in [6.45, 7) is 9.52. The molecule has 0 aromatic carbocycles. The Morgan fingerprint density at radius 1 is 1.03 bits per heavy atom. The first-order valence-electron chi connectivity index (χ1n) is 13.9. The molecule has 4 aliphatic rings. The second-order valence-corrected chi connectivity index (χ2v) is 13.9. The number of hydrogen-bond donors (Lipinski definition) is 6. The minimum Gasteiger partial charge on any atom is -0.430 e. The highest BCUT2D eigenvalue weighted by Gasteiger charge is 2.71. The van der Waals surface area contributed by atoms with Gasteiger partial charge in [-0.15, -0.1) is 0 Å². The van der Waals surface area contributed by atoms with Crippen molar-refractivity contribution in [2.75, 3.05) is 0 Å². The number of carbonyl (C=O) groups is 2. The molecule has 4 aliphatic carbocycles. The number of aliphatic hydroxyl groups is 6. The highest BCUT2D eigenvalue weighted by Crippen LogP contribution is 2.69. The summed E-state index contributed by atoms with van der Waals surface area (Å²) in [5.41, 5.74) is -5.60. The van der Waals surface area contributed by atoms with Crippen LogP contribution in [-0.4, -0.2) is 77.2 Å². The predicted molar refractivity (Wildman–Crippen MR) is 137 cm³/mol. The van der Waals surface area contributed by atoms with E-state index >= 15 is 0 Å². The fourth-order valence-corrected chi connectivity index (χ4v) is 8.66. The lowest BCUT2D eigenvalue weighted by atomic mass is 9.45. The topological polar surface area (TPSA) is 165 Å². The molecule has 216 valence electrons. The van der Waals surface area contributed by atoms with Gasteiger partial charge in [0.2, 0.25) is 5.79 Å². The van der Waals surface area contributed by atoms with Gasteiger partial charge < -0.3 is 35.4 Å². The maximum Gasteiger partial charge on any atom is 0.305 e. The van der Waals surface area contributed by atoms with Crippen LogP contribution in [0.4, 0.5) is 0 Å². The van der Waals surface area contributed by atoms with Crippen LogP contribution in [0.25, 0.3) is 0 Å². The molecule has 0 saturated heterocycles. The summed E-state index contributed by atoms with van der Waals surface area (Å²) in [4.78, 5) is 25.4. The summed E-state index contributed by atoms with van der Waals surface area (Å²) in [5, 5.41) is 67.1. The molecule has 3 saturated carbocycles. The van der Waals surface area contributed by atoms with Gasteiger partial charge in [0.25, 0.3) is 0 Å². The first-order valence-corrected chi connectivity index (χ1v) is 13.9. The maximum absolute atomic E-state index is 13.4. The van der Waals surface area contributed by atoms with E-state index in [0.717, 1.165) is 6.92 Å². The molecule has 38 heavy (non-hydrogen) atoms. The van der Waals surface area contributed by atoms with Gasteiger partial charge in [-0.1, -0.05) is 13.8 Å². The molecule has 2 unspecified atom stereocenters. The lowest BCUT2D eigenvalue weighted by Crippen LogP contribution is -2.66. The summed E-state index contributed by atoms with van der Waals surface area (Å²) in [7, 11) is 0. The van der Waals surface area contributed by atoms with Crippen LogP contribution in [0.1, 0.15) is 92.9 Å². The third kappa shape index (κ3) is 4.29. The molecule has 4 rings (SSSR count). The van der Waals surface area contributed by atoms with Crippen molar-refractivity contribution in [2.45, 2.75) is 128 Å². The SMILES string of the molecule is CC(=O)O[C@](O)(CCC(C)(C)O)C(C)(O)[C@@H]1CC[C@@]2(O)C3=CC(=O)[C@@H]4C[C@@H](O)[C@@H](O)C[C@]4(C)C3CC[C@]12C. The molecule has 3 fully saturated rings. The van der Waals surface area contributed by atoms with Gasteiger partial charge in [-0.25, -0.2) is 0 Å². The number of hydrogen-bond acceptors (Lipinski definition) is 9. The van der Waals surface area contributed by atoms with Crippen molar-refractivity contribution in [1.82, 2.24) is 0 Å². The molecule has 9 nitrogen and oxygen atoms in total. The Labute approximate surface area is 224 Å². The van der Waals surface area contributed by atoms with E-state index in [4.69, 9.17) is 4.74 Å². The van der Waals surface area contributed by atoms with Crippen LogP contribution >= 0.6 is 0 Å². The maximum atomic E-state index is 13.4. The summed E-state index contributed by atoms with van der Waals surface area (Å²) < 4.78 is 5.35. The van der Waals surface area contributed by atoms with Crippen LogP contribution in [0.3, 0.4) is 0 Å². The van der Waals surface area contributed by atoms with E-state index < -0.39 is 63.4 Å². The molecule has 10 atom stereocenters. The molecule has 0 aliphatic heterocycles. The van der Waals surface area contributed by atoms with Gasteiger partial charge in [0, 0.05) is 30.6 Å². The number of fused-ring (bicyclic) bond motifs is 5. The van der Waals surface area contributed by atoms with Crippen LogP contribution in [0.2, 0.25) is 0 Å². The highest BCUT2D eigenvalue weighted by molar-refractivity contribution is 5.95. The van der Waals surface area contributed by atoms with Gasteiger partial charge in [0.1, 0.15) is 5.60 Å². The summed E-state index contributed by atoms with van der Waals surface area (Å²) in [6, 6.07) is 0. The van der Waals surface area contributed by atoms with Crippen LogP contribution in [0.15, 0.2) is 11.6 Å². The van der Waals surface area contributed by atoms with E-state index in [1.807, 2.05) is 13.8 Å². The second-order valence-electron chi connectivity index (χ2n) is 13.9. The third-order valence-electron chi connectivity index (χ3n) is 11.0. The molecule has 0 heterocycles. The number of esters is 1. The fourth-order valence-electron chi connectivity index (χ4n) is 8.66. The number of carbonyl (C=O) groups excluding carboxylic acids is 2. The van der Waals surface area contributed by atoms with Gasteiger partial charge in [-0.2, -0.15) is 0 Å². The van der Waals surface area contributed by atoms with Crippen molar-refractivity contribution in [3.05, 3.63) is 11.6 Å². The molecular weight excluding hydrogens is 492 g/mol. The largest absolute Gasteiger partial charge is 0.430 e. The Hall–Kier alpha value is -1.36. The average molecular weight is 539 g/mol. The van der Waals surface area contributed by atoms with Gasteiger partial charge in [-0.05, 0) is 88.7 Å². The molecular formula is C29H46O9. The molecule has 0 spiro atoms. The van der Waals surface area contributed by atoms with Crippen molar-refractivity contribution >= 4 is 11.8 Å². The normalized spacial score (nSPS) is 44.2. The summed E-state index contributed by atoms with van der Waals surface area (Å²) in [6.07, 6.45) is 1.52. The van der Waals surface area contributed by atoms with Gasteiger partial charge in [0.05, 0.1) is 23.4 Å². The smallest absolute Gasteiger partial charge is 0.305 e. The van der Waals surface area contributed by atoms with Crippen LogP contribution < -0.4 is 0 Å². The van der Waals surface area contributed by atoms with Gasteiger partial charge in [0.15, 0.2) is 5.78 Å². The fraction of sp³-hybridized carbons (Fsp3) is 0.862.